The average Bonchev–Trinajstić information content (AvgIpc) is 3.34. The van der Waals surface area contributed by atoms with Crippen LogP contribution in [0.2, 0.25) is 5.02 Å². The fourth-order valence-electron chi connectivity index (χ4n) is 3.27. The first-order chi connectivity index (χ1) is 15.2. The molecule has 2 aromatic heterocycles. The summed E-state index contributed by atoms with van der Waals surface area (Å²) in [5.41, 5.74) is 1.71. The summed E-state index contributed by atoms with van der Waals surface area (Å²) < 4.78 is 7.13. The number of hydrogen-bond donors (Lipinski definition) is 1. The Morgan fingerprint density at radius 3 is 2.81 bits per heavy atom. The molecule has 0 unspecified atom stereocenters. The third kappa shape index (κ3) is 5.28. The minimum absolute atomic E-state index is 0.287. The van der Waals surface area contributed by atoms with Gasteiger partial charge >= 0.3 is 6.09 Å². The van der Waals surface area contributed by atoms with Crippen molar-refractivity contribution in [3.8, 4) is 0 Å². The normalized spacial score (nSPS) is 13.6. The molecule has 10 heteroatoms. The van der Waals surface area contributed by atoms with Gasteiger partial charge in [0.2, 0.25) is 0 Å². The van der Waals surface area contributed by atoms with Crippen molar-refractivity contribution in [2.75, 3.05) is 11.9 Å². The molecule has 2 amide bonds. The molecular formula is C22H24ClN5O3S. The predicted octanol–water partition coefficient (Wildman–Crippen LogP) is 4.59. The van der Waals surface area contributed by atoms with Crippen molar-refractivity contribution in [2.45, 2.75) is 45.9 Å². The highest BCUT2D eigenvalue weighted by Gasteiger charge is 2.28. The van der Waals surface area contributed by atoms with Gasteiger partial charge in [-0.25, -0.2) is 9.78 Å². The summed E-state index contributed by atoms with van der Waals surface area (Å²) in [6, 6.07) is 7.52. The summed E-state index contributed by atoms with van der Waals surface area (Å²) in [5, 5.41) is 8.26. The number of nitrogens with one attached hydrogen (secondary N) is 1. The second-order valence-electron chi connectivity index (χ2n) is 8.51. The van der Waals surface area contributed by atoms with Crippen LogP contribution in [0.3, 0.4) is 0 Å². The summed E-state index contributed by atoms with van der Waals surface area (Å²) in [6.07, 6.45) is 3.48. The number of fused-ring (bicyclic) bond motifs is 1. The minimum atomic E-state index is -0.541. The number of hydrogen-bond acceptors (Lipinski definition) is 6. The van der Waals surface area contributed by atoms with Gasteiger partial charge in [0.15, 0.2) is 5.13 Å². The molecule has 1 aliphatic heterocycles. The van der Waals surface area contributed by atoms with Crippen LogP contribution >= 0.6 is 22.9 Å². The molecule has 3 aromatic rings. The number of ether oxygens (including phenoxy) is 1. The van der Waals surface area contributed by atoms with E-state index in [1.54, 1.807) is 15.8 Å². The molecule has 0 saturated heterocycles. The van der Waals surface area contributed by atoms with Crippen molar-refractivity contribution in [2.24, 2.45) is 0 Å². The largest absolute Gasteiger partial charge is 0.444 e. The van der Waals surface area contributed by atoms with Gasteiger partial charge in [0.05, 0.1) is 30.5 Å². The summed E-state index contributed by atoms with van der Waals surface area (Å²) in [6.45, 7) is 6.96. The van der Waals surface area contributed by atoms with Crippen LogP contribution < -0.4 is 5.32 Å². The van der Waals surface area contributed by atoms with E-state index in [0.717, 1.165) is 16.1 Å². The number of thiazole rings is 1. The predicted molar refractivity (Wildman–Crippen MR) is 123 cm³/mol. The number of halogens is 1. The van der Waals surface area contributed by atoms with Crippen LogP contribution in [0.25, 0.3) is 0 Å². The first-order valence-electron chi connectivity index (χ1n) is 10.2. The molecular weight excluding hydrogens is 450 g/mol. The molecule has 1 aliphatic rings. The van der Waals surface area contributed by atoms with E-state index >= 15 is 0 Å². The zero-order valence-corrected chi connectivity index (χ0v) is 19.7. The Hall–Kier alpha value is -2.91. The quantitative estimate of drug-likeness (QED) is 0.598. The first kappa shape index (κ1) is 22.3. The van der Waals surface area contributed by atoms with E-state index in [-0.39, 0.29) is 12.0 Å². The van der Waals surface area contributed by atoms with Gasteiger partial charge in [-0.05, 0) is 32.4 Å². The Labute approximate surface area is 195 Å². The third-order valence-electron chi connectivity index (χ3n) is 4.79. The van der Waals surface area contributed by atoms with Crippen LogP contribution in [0.5, 0.6) is 0 Å². The number of rotatable bonds is 4. The molecule has 32 heavy (non-hydrogen) atoms. The van der Waals surface area contributed by atoms with E-state index in [4.69, 9.17) is 16.3 Å². The highest BCUT2D eigenvalue weighted by atomic mass is 35.5. The van der Waals surface area contributed by atoms with Crippen LogP contribution in [-0.2, 0) is 24.2 Å². The molecule has 1 N–H and O–H groups in total. The third-order valence-corrected chi connectivity index (χ3v) is 6.16. The van der Waals surface area contributed by atoms with E-state index in [9.17, 15) is 9.59 Å². The molecule has 0 spiro atoms. The van der Waals surface area contributed by atoms with Crippen molar-refractivity contribution in [3.63, 3.8) is 0 Å². The van der Waals surface area contributed by atoms with Gasteiger partial charge in [0.1, 0.15) is 5.60 Å². The van der Waals surface area contributed by atoms with Gasteiger partial charge < -0.3 is 9.64 Å². The molecule has 0 atom stereocenters. The summed E-state index contributed by atoms with van der Waals surface area (Å²) in [7, 11) is 0. The van der Waals surface area contributed by atoms with E-state index < -0.39 is 5.60 Å². The summed E-state index contributed by atoms with van der Waals surface area (Å²) in [5.74, 6) is -0.287. The minimum Gasteiger partial charge on any atom is -0.444 e. The van der Waals surface area contributed by atoms with Gasteiger partial charge in [-0.2, -0.15) is 5.10 Å². The van der Waals surface area contributed by atoms with Crippen LogP contribution in [0.4, 0.5) is 9.93 Å². The lowest BCUT2D eigenvalue weighted by atomic mass is 10.2. The Kier molecular flexibility index (Phi) is 6.21. The number of amides is 2. The number of carbonyl (C=O) groups excluding carboxylic acids is 2. The molecule has 1 aromatic carbocycles. The maximum atomic E-state index is 12.7. The Bertz CT molecular complexity index is 1150. The van der Waals surface area contributed by atoms with Crippen molar-refractivity contribution in [1.29, 1.82) is 0 Å². The van der Waals surface area contributed by atoms with Crippen LogP contribution in [-0.4, -0.2) is 43.8 Å². The SMILES string of the molecule is CC(C)(C)OC(=O)N1CCc2nc(NC(=O)c3cnn(Cc4ccccc4Cl)c3)sc2C1. The van der Waals surface area contributed by atoms with Gasteiger partial charge in [-0.1, -0.05) is 41.1 Å². The molecule has 0 saturated carbocycles. The van der Waals surface area contributed by atoms with Gasteiger partial charge in [0.25, 0.3) is 5.91 Å². The second kappa shape index (κ2) is 8.91. The Balaban J connectivity index is 1.39. The molecule has 3 heterocycles. The molecule has 4 rings (SSSR count). The van der Waals surface area contributed by atoms with E-state index in [0.29, 0.717) is 41.8 Å². The van der Waals surface area contributed by atoms with E-state index in [1.165, 1.54) is 17.5 Å². The lowest BCUT2D eigenvalue weighted by Gasteiger charge is -2.29. The topological polar surface area (TPSA) is 89.3 Å². The van der Waals surface area contributed by atoms with E-state index in [1.807, 2.05) is 45.0 Å². The second-order valence-corrected chi connectivity index (χ2v) is 10.0. The molecule has 168 valence electrons. The average molecular weight is 474 g/mol. The number of carbonyl (C=O) groups is 2. The number of anilines is 1. The molecule has 0 fully saturated rings. The summed E-state index contributed by atoms with van der Waals surface area (Å²) in [4.78, 5) is 32.2. The maximum absolute atomic E-state index is 12.7. The highest BCUT2D eigenvalue weighted by Crippen LogP contribution is 2.29. The standard InChI is InChI=1S/C22H24ClN5O3S/c1-22(2,3)31-21(30)27-9-8-17-18(13-27)32-20(25-17)26-19(29)15-10-24-28(12-15)11-14-6-4-5-7-16(14)23/h4-7,10,12H,8-9,11,13H2,1-3H3,(H,25,26,29). The van der Waals surface area contributed by atoms with Crippen molar-refractivity contribution < 1.29 is 14.3 Å². The molecule has 0 bridgehead atoms. The van der Waals surface area contributed by atoms with Gasteiger partial charge in [0, 0.05) is 29.1 Å². The van der Waals surface area contributed by atoms with E-state index in [2.05, 4.69) is 15.4 Å². The molecule has 0 aliphatic carbocycles. The lowest BCUT2D eigenvalue weighted by Crippen LogP contribution is -2.39. The lowest BCUT2D eigenvalue weighted by molar-refractivity contribution is 0.0225. The van der Waals surface area contributed by atoms with Crippen molar-refractivity contribution in [3.05, 3.63) is 63.4 Å². The molecule has 8 nitrogen and oxygen atoms in total. The van der Waals surface area contributed by atoms with Gasteiger partial charge in [-0.3, -0.25) is 14.8 Å². The zero-order chi connectivity index (χ0) is 22.9. The summed E-state index contributed by atoms with van der Waals surface area (Å²) >= 11 is 7.57. The zero-order valence-electron chi connectivity index (χ0n) is 18.1. The maximum Gasteiger partial charge on any atom is 0.410 e. The first-order valence-corrected chi connectivity index (χ1v) is 11.4. The van der Waals surface area contributed by atoms with Crippen molar-refractivity contribution >= 4 is 40.1 Å². The monoisotopic (exact) mass is 473 g/mol. The Morgan fingerprint density at radius 1 is 1.28 bits per heavy atom. The fourth-order valence-corrected chi connectivity index (χ4v) is 4.48. The van der Waals surface area contributed by atoms with Gasteiger partial charge in [-0.15, -0.1) is 0 Å². The number of benzene rings is 1. The molecule has 0 radical (unpaired) electrons. The smallest absolute Gasteiger partial charge is 0.410 e. The number of nitrogens with zero attached hydrogens (tertiary/aromatic N) is 4. The van der Waals surface area contributed by atoms with Crippen LogP contribution in [0.1, 0.15) is 47.3 Å². The Morgan fingerprint density at radius 2 is 2.06 bits per heavy atom. The highest BCUT2D eigenvalue weighted by molar-refractivity contribution is 7.15. The van der Waals surface area contributed by atoms with Crippen molar-refractivity contribution in [1.82, 2.24) is 19.7 Å². The van der Waals surface area contributed by atoms with Crippen LogP contribution in [0, 0.1) is 0 Å². The number of aromatic nitrogens is 3. The van der Waals surface area contributed by atoms with Crippen LogP contribution in [0.15, 0.2) is 36.7 Å². The fraction of sp³-hybridized carbons (Fsp3) is 0.364.